The Morgan fingerprint density at radius 3 is 2.27 bits per heavy atom. The van der Waals surface area contributed by atoms with Gasteiger partial charge in [-0.05, 0) is 49.9 Å². The molecule has 1 saturated carbocycles. The van der Waals surface area contributed by atoms with E-state index >= 15 is 0 Å². The molecule has 1 aliphatic rings. The van der Waals surface area contributed by atoms with Crippen LogP contribution >= 0.6 is 0 Å². The lowest BCUT2D eigenvalue weighted by Gasteiger charge is -2.35. The minimum atomic E-state index is 0.408. The molecule has 0 radical (unpaired) electrons. The third-order valence-corrected chi connectivity index (χ3v) is 6.70. The third kappa shape index (κ3) is 9.07. The van der Waals surface area contributed by atoms with Crippen LogP contribution in [0.5, 0.6) is 0 Å². The van der Waals surface area contributed by atoms with E-state index in [1.54, 1.807) is 0 Å². The van der Waals surface area contributed by atoms with Crippen LogP contribution in [0.25, 0.3) is 0 Å². The van der Waals surface area contributed by atoms with Gasteiger partial charge in [-0.2, -0.15) is 0 Å². The van der Waals surface area contributed by atoms with E-state index in [1.807, 2.05) is 0 Å². The van der Waals surface area contributed by atoms with Gasteiger partial charge in [0.25, 0.3) is 0 Å². The van der Waals surface area contributed by atoms with Crippen LogP contribution in [-0.2, 0) is 4.74 Å². The molecule has 154 valence electrons. The Labute approximate surface area is 165 Å². The van der Waals surface area contributed by atoms with Crippen LogP contribution < -0.4 is 0 Å². The zero-order valence-corrected chi connectivity index (χ0v) is 18.6. The summed E-state index contributed by atoms with van der Waals surface area (Å²) in [5, 5.41) is 0. The summed E-state index contributed by atoms with van der Waals surface area (Å²) in [4.78, 5) is 0. The fourth-order valence-electron chi connectivity index (χ4n) is 4.73. The maximum atomic E-state index is 6.74. The Hall–Kier alpha value is -0.300. The standard InChI is InChI=1S/C25H48O/c1-7-10-12-15-21(6)26-25(18-22-16-13-11-14-17-22)24(9-3)19-23(8-2)20(4)5/h8,20-25H,2,7,9-19H2,1,3-6H3. The number of hydrogen-bond acceptors (Lipinski definition) is 1. The van der Waals surface area contributed by atoms with Crippen LogP contribution in [0.4, 0.5) is 0 Å². The van der Waals surface area contributed by atoms with Crippen molar-refractivity contribution >= 4 is 0 Å². The number of allylic oxidation sites excluding steroid dienone is 1. The fraction of sp³-hybridized carbons (Fsp3) is 0.920. The number of hydrogen-bond donors (Lipinski definition) is 0. The van der Waals surface area contributed by atoms with E-state index in [9.17, 15) is 0 Å². The Morgan fingerprint density at radius 2 is 1.73 bits per heavy atom. The lowest BCUT2D eigenvalue weighted by Crippen LogP contribution is -2.32. The summed E-state index contributed by atoms with van der Waals surface area (Å²) in [6.45, 7) is 15.7. The molecular formula is C25H48O. The Kier molecular flexibility index (Phi) is 12.6. The monoisotopic (exact) mass is 364 g/mol. The molecule has 0 saturated heterocycles. The predicted molar refractivity (Wildman–Crippen MR) is 117 cm³/mol. The Balaban J connectivity index is 2.72. The minimum Gasteiger partial charge on any atom is -0.375 e. The van der Waals surface area contributed by atoms with Crippen LogP contribution in [0, 0.1) is 23.7 Å². The highest BCUT2D eigenvalue weighted by atomic mass is 16.5. The smallest absolute Gasteiger partial charge is 0.0609 e. The predicted octanol–water partition coefficient (Wildman–Crippen LogP) is 8.19. The van der Waals surface area contributed by atoms with Gasteiger partial charge in [0.15, 0.2) is 0 Å². The molecule has 1 fully saturated rings. The first-order chi connectivity index (χ1) is 12.5. The van der Waals surface area contributed by atoms with Gasteiger partial charge in [0, 0.05) is 0 Å². The number of unbranched alkanes of at least 4 members (excludes halogenated alkanes) is 2. The van der Waals surface area contributed by atoms with E-state index in [0.29, 0.717) is 30.0 Å². The van der Waals surface area contributed by atoms with Crippen LogP contribution in [0.2, 0.25) is 0 Å². The van der Waals surface area contributed by atoms with Crippen molar-refractivity contribution in [2.24, 2.45) is 23.7 Å². The molecule has 0 amide bonds. The average Bonchev–Trinajstić information content (AvgIpc) is 2.63. The second-order valence-corrected chi connectivity index (χ2v) is 9.27. The zero-order valence-electron chi connectivity index (χ0n) is 18.6. The first-order valence-corrected chi connectivity index (χ1v) is 11.8. The largest absolute Gasteiger partial charge is 0.375 e. The third-order valence-electron chi connectivity index (χ3n) is 6.70. The van der Waals surface area contributed by atoms with Crippen molar-refractivity contribution in [2.45, 2.75) is 124 Å². The summed E-state index contributed by atoms with van der Waals surface area (Å²) in [5.41, 5.74) is 0. The van der Waals surface area contributed by atoms with Gasteiger partial charge in [0.2, 0.25) is 0 Å². The van der Waals surface area contributed by atoms with Crippen LogP contribution in [0.1, 0.15) is 112 Å². The highest BCUT2D eigenvalue weighted by Crippen LogP contribution is 2.35. The molecule has 0 aromatic rings. The quantitative estimate of drug-likeness (QED) is 0.223. The molecule has 26 heavy (non-hydrogen) atoms. The lowest BCUT2D eigenvalue weighted by molar-refractivity contribution is -0.0583. The van der Waals surface area contributed by atoms with E-state index in [0.717, 1.165) is 5.92 Å². The van der Waals surface area contributed by atoms with E-state index < -0.39 is 0 Å². The molecule has 4 atom stereocenters. The number of ether oxygens (including phenoxy) is 1. The maximum Gasteiger partial charge on any atom is 0.0609 e. The van der Waals surface area contributed by atoms with Crippen molar-refractivity contribution < 1.29 is 4.74 Å². The molecule has 1 heteroatoms. The van der Waals surface area contributed by atoms with Gasteiger partial charge in [-0.3, -0.25) is 0 Å². The van der Waals surface area contributed by atoms with Crippen molar-refractivity contribution in [1.82, 2.24) is 0 Å². The molecule has 0 aromatic carbocycles. The summed E-state index contributed by atoms with van der Waals surface area (Å²) in [6.07, 6.45) is 19.1. The van der Waals surface area contributed by atoms with Crippen molar-refractivity contribution in [1.29, 1.82) is 0 Å². The molecule has 1 aliphatic carbocycles. The molecule has 1 rings (SSSR count). The molecule has 0 spiro atoms. The topological polar surface area (TPSA) is 9.23 Å². The second-order valence-electron chi connectivity index (χ2n) is 9.27. The van der Waals surface area contributed by atoms with Gasteiger partial charge in [-0.25, -0.2) is 0 Å². The van der Waals surface area contributed by atoms with Gasteiger partial charge in [0.05, 0.1) is 12.2 Å². The SMILES string of the molecule is C=CC(CC(CC)C(CC1CCCCC1)OC(C)CCCCC)C(C)C. The van der Waals surface area contributed by atoms with E-state index in [-0.39, 0.29) is 0 Å². The van der Waals surface area contributed by atoms with Gasteiger partial charge in [0.1, 0.15) is 0 Å². The van der Waals surface area contributed by atoms with E-state index in [2.05, 4.69) is 47.3 Å². The molecule has 0 N–H and O–H groups in total. The summed E-state index contributed by atoms with van der Waals surface area (Å²) in [5.74, 6) is 2.87. The summed E-state index contributed by atoms with van der Waals surface area (Å²) in [6, 6.07) is 0. The van der Waals surface area contributed by atoms with Gasteiger partial charge < -0.3 is 4.74 Å². The molecule has 0 aromatic heterocycles. The zero-order chi connectivity index (χ0) is 19.4. The molecule has 0 aliphatic heterocycles. The second kappa shape index (κ2) is 13.8. The minimum absolute atomic E-state index is 0.408. The summed E-state index contributed by atoms with van der Waals surface area (Å²) < 4.78 is 6.74. The van der Waals surface area contributed by atoms with Crippen molar-refractivity contribution in [3.8, 4) is 0 Å². The molecular weight excluding hydrogens is 316 g/mol. The van der Waals surface area contributed by atoms with E-state index in [4.69, 9.17) is 4.74 Å². The van der Waals surface area contributed by atoms with E-state index in [1.165, 1.54) is 77.0 Å². The highest BCUT2D eigenvalue weighted by molar-refractivity contribution is 4.86. The summed E-state index contributed by atoms with van der Waals surface area (Å²) >= 11 is 0. The van der Waals surface area contributed by atoms with Gasteiger partial charge in [-0.1, -0.05) is 91.6 Å². The van der Waals surface area contributed by atoms with Gasteiger partial charge >= 0.3 is 0 Å². The first kappa shape index (κ1) is 23.7. The molecule has 4 unspecified atom stereocenters. The molecule has 0 bridgehead atoms. The normalized spacial score (nSPS) is 20.7. The van der Waals surface area contributed by atoms with Crippen molar-refractivity contribution in [3.63, 3.8) is 0 Å². The summed E-state index contributed by atoms with van der Waals surface area (Å²) in [7, 11) is 0. The first-order valence-electron chi connectivity index (χ1n) is 11.8. The van der Waals surface area contributed by atoms with Gasteiger partial charge in [-0.15, -0.1) is 6.58 Å². The van der Waals surface area contributed by atoms with Crippen LogP contribution in [0.15, 0.2) is 12.7 Å². The van der Waals surface area contributed by atoms with Crippen LogP contribution in [0.3, 0.4) is 0 Å². The fourth-order valence-corrected chi connectivity index (χ4v) is 4.73. The van der Waals surface area contributed by atoms with Crippen molar-refractivity contribution in [3.05, 3.63) is 12.7 Å². The van der Waals surface area contributed by atoms with Crippen molar-refractivity contribution in [2.75, 3.05) is 0 Å². The highest BCUT2D eigenvalue weighted by Gasteiger charge is 2.29. The van der Waals surface area contributed by atoms with Crippen LogP contribution in [-0.4, -0.2) is 12.2 Å². The molecule has 1 nitrogen and oxygen atoms in total. The lowest BCUT2D eigenvalue weighted by atomic mass is 9.78. The Bertz CT molecular complexity index is 342. The average molecular weight is 365 g/mol. The Morgan fingerprint density at radius 1 is 1.04 bits per heavy atom. The molecule has 0 heterocycles. The maximum absolute atomic E-state index is 6.74. The number of rotatable bonds is 14.